The minimum atomic E-state index is -1.13. The van der Waals surface area contributed by atoms with Gasteiger partial charge in [0.2, 0.25) is 17.8 Å². The van der Waals surface area contributed by atoms with Crippen molar-refractivity contribution in [3.63, 3.8) is 0 Å². The third-order valence-electron chi connectivity index (χ3n) is 8.87. The summed E-state index contributed by atoms with van der Waals surface area (Å²) in [5.74, 6) is -1.12. The number of carbonyl (C=O) groups is 2. The first kappa shape index (κ1) is 36.1. The summed E-state index contributed by atoms with van der Waals surface area (Å²) in [6, 6.07) is 20.9. The third kappa shape index (κ3) is 9.04. The number of nitrogens with zero attached hydrogens (tertiary/aromatic N) is 8. The van der Waals surface area contributed by atoms with Crippen LogP contribution in [-0.4, -0.2) is 94.1 Å². The van der Waals surface area contributed by atoms with E-state index in [0.29, 0.717) is 66.4 Å². The lowest BCUT2D eigenvalue weighted by Gasteiger charge is -2.34. The van der Waals surface area contributed by atoms with E-state index in [4.69, 9.17) is 5.26 Å². The molecule has 55 heavy (non-hydrogen) atoms. The van der Waals surface area contributed by atoms with Crippen LogP contribution in [0.15, 0.2) is 83.8 Å². The molecule has 1 aliphatic heterocycles. The first-order valence-electron chi connectivity index (χ1n) is 17.2. The number of carboxylic acid groups (broad SMARTS) is 1. The third-order valence-corrected chi connectivity index (χ3v) is 8.87. The molecule has 1 aliphatic rings. The molecule has 1 saturated heterocycles. The number of aliphatic carboxylic acids is 1. The van der Waals surface area contributed by atoms with Crippen molar-refractivity contribution in [3.05, 3.63) is 123 Å². The molecule has 0 saturated carbocycles. The molecule has 3 aromatic carbocycles. The van der Waals surface area contributed by atoms with Crippen molar-refractivity contribution in [1.82, 2.24) is 44.9 Å². The fraction of sp³-hybridized carbons (Fsp3) is 0.216. The molecule has 0 bridgehead atoms. The van der Waals surface area contributed by atoms with Gasteiger partial charge in [0.15, 0.2) is 0 Å². The topological polar surface area (TPSA) is 234 Å². The SMILES string of the molecule is N#Cc1ccc(CC(Nc2nc(NCc3nc4ccc(F)cc4[nH]3)nc(Nc3cccc(CN4CCN(C(=O)c5ccn[nH]c5=O)CC4)c3)n2)C(=O)O)cc1. The molecule has 1 atom stereocenters. The average molecular weight is 744 g/mol. The van der Waals surface area contributed by atoms with Gasteiger partial charge in [-0.15, -0.1) is 0 Å². The molecule has 0 spiro atoms. The Morgan fingerprint density at radius 1 is 0.927 bits per heavy atom. The monoisotopic (exact) mass is 743 g/mol. The highest BCUT2D eigenvalue weighted by Crippen LogP contribution is 2.21. The van der Waals surface area contributed by atoms with Crippen LogP contribution in [0.25, 0.3) is 11.0 Å². The van der Waals surface area contributed by atoms with Crippen molar-refractivity contribution in [2.24, 2.45) is 0 Å². The zero-order valence-corrected chi connectivity index (χ0v) is 29.2. The molecule has 4 heterocycles. The number of nitriles is 1. The Hall–Kier alpha value is -7.26. The normalized spacial score (nSPS) is 13.6. The van der Waals surface area contributed by atoms with Crippen LogP contribution in [-0.2, 0) is 24.3 Å². The largest absolute Gasteiger partial charge is 0.480 e. The van der Waals surface area contributed by atoms with Gasteiger partial charge in [0.25, 0.3) is 11.5 Å². The van der Waals surface area contributed by atoms with Crippen LogP contribution in [0.3, 0.4) is 0 Å². The molecule has 6 aromatic rings. The maximum Gasteiger partial charge on any atom is 0.326 e. The van der Waals surface area contributed by atoms with E-state index in [1.54, 1.807) is 35.2 Å². The molecule has 0 aliphatic carbocycles. The average Bonchev–Trinajstić information content (AvgIpc) is 3.59. The van der Waals surface area contributed by atoms with Gasteiger partial charge in [0.05, 0.1) is 29.2 Å². The summed E-state index contributed by atoms with van der Waals surface area (Å²) in [6.45, 7) is 2.88. The van der Waals surface area contributed by atoms with Crippen LogP contribution in [0.5, 0.6) is 0 Å². The van der Waals surface area contributed by atoms with Crippen LogP contribution < -0.4 is 21.5 Å². The number of amides is 1. The summed E-state index contributed by atoms with van der Waals surface area (Å²) in [5, 5.41) is 34.4. The van der Waals surface area contributed by atoms with E-state index < -0.39 is 23.4 Å². The van der Waals surface area contributed by atoms with Gasteiger partial charge in [0, 0.05) is 51.0 Å². The van der Waals surface area contributed by atoms with E-state index in [-0.39, 0.29) is 42.3 Å². The van der Waals surface area contributed by atoms with Crippen molar-refractivity contribution >= 4 is 46.4 Å². The molecule has 1 fully saturated rings. The van der Waals surface area contributed by atoms with Crippen molar-refractivity contribution in [2.45, 2.75) is 25.6 Å². The molecule has 17 nitrogen and oxygen atoms in total. The summed E-state index contributed by atoms with van der Waals surface area (Å²) >= 11 is 0. The van der Waals surface area contributed by atoms with Gasteiger partial charge in [-0.1, -0.05) is 24.3 Å². The van der Waals surface area contributed by atoms with E-state index in [0.717, 1.165) is 5.56 Å². The Morgan fingerprint density at radius 3 is 2.47 bits per heavy atom. The standard InChI is InChI=1S/C37H34FN13O4/c38-25-8-9-28-29(18-25)44-31(43-28)20-40-35-46-36(48-37(47-35)45-30(34(54)55)17-22-4-6-23(19-39)7-5-22)42-26-3-1-2-24(16-26)21-50-12-14-51(15-13-50)33(53)27-10-11-41-49-32(27)52/h1-11,16,18,30H,12-15,17,20-21H2,(H,43,44)(H,49,52)(H,54,55)(H3,40,42,45,46,47,48). The molecular weight excluding hydrogens is 709 g/mol. The molecule has 18 heteroatoms. The highest BCUT2D eigenvalue weighted by atomic mass is 19.1. The summed E-state index contributed by atoms with van der Waals surface area (Å²) in [6.07, 6.45) is 1.47. The molecule has 6 N–H and O–H groups in total. The van der Waals surface area contributed by atoms with Gasteiger partial charge >= 0.3 is 5.97 Å². The number of carbonyl (C=O) groups excluding carboxylic acids is 1. The number of fused-ring (bicyclic) bond motifs is 1. The lowest BCUT2D eigenvalue weighted by atomic mass is 10.0. The van der Waals surface area contributed by atoms with Gasteiger partial charge in [0.1, 0.15) is 23.2 Å². The molecule has 0 radical (unpaired) electrons. The highest BCUT2D eigenvalue weighted by molar-refractivity contribution is 5.93. The Labute approximate surface area is 312 Å². The summed E-state index contributed by atoms with van der Waals surface area (Å²) in [4.78, 5) is 62.1. The van der Waals surface area contributed by atoms with Gasteiger partial charge < -0.3 is 30.9 Å². The van der Waals surface area contributed by atoms with Gasteiger partial charge in [-0.05, 0) is 59.7 Å². The molecular formula is C37H34FN13O4. The Kier molecular flexibility index (Phi) is 10.6. The summed E-state index contributed by atoms with van der Waals surface area (Å²) in [7, 11) is 0. The molecule has 1 unspecified atom stereocenters. The Bertz CT molecular complexity index is 2440. The number of hydrogen-bond donors (Lipinski definition) is 6. The van der Waals surface area contributed by atoms with E-state index in [1.165, 1.54) is 24.4 Å². The molecule has 7 rings (SSSR count). The first-order chi connectivity index (χ1) is 26.7. The van der Waals surface area contributed by atoms with E-state index in [1.807, 2.05) is 30.3 Å². The number of aromatic nitrogens is 7. The van der Waals surface area contributed by atoms with Crippen LogP contribution in [0, 0.1) is 17.1 Å². The smallest absolute Gasteiger partial charge is 0.326 e. The van der Waals surface area contributed by atoms with E-state index in [9.17, 15) is 23.9 Å². The minimum Gasteiger partial charge on any atom is -0.480 e. The number of anilines is 4. The number of imidazole rings is 1. The van der Waals surface area contributed by atoms with Crippen LogP contribution >= 0.6 is 0 Å². The van der Waals surface area contributed by atoms with Crippen LogP contribution in [0.2, 0.25) is 0 Å². The predicted octanol–water partition coefficient (Wildman–Crippen LogP) is 3.26. The number of hydrogen-bond acceptors (Lipinski definition) is 13. The number of carboxylic acids is 1. The number of aromatic amines is 2. The maximum atomic E-state index is 13.8. The summed E-state index contributed by atoms with van der Waals surface area (Å²) < 4.78 is 13.8. The number of nitrogens with one attached hydrogen (secondary N) is 5. The van der Waals surface area contributed by atoms with Crippen molar-refractivity contribution in [2.75, 3.05) is 42.1 Å². The Balaban J connectivity index is 1.06. The van der Waals surface area contributed by atoms with Crippen LogP contribution in [0.1, 0.15) is 32.9 Å². The molecule has 1 amide bonds. The fourth-order valence-electron chi connectivity index (χ4n) is 6.09. The fourth-order valence-corrected chi connectivity index (χ4v) is 6.09. The van der Waals surface area contributed by atoms with Crippen molar-refractivity contribution < 1.29 is 19.1 Å². The lowest BCUT2D eigenvalue weighted by Crippen LogP contribution is -2.49. The molecule has 278 valence electrons. The van der Waals surface area contributed by atoms with Crippen molar-refractivity contribution in [1.29, 1.82) is 5.26 Å². The Morgan fingerprint density at radius 2 is 1.71 bits per heavy atom. The first-order valence-corrected chi connectivity index (χ1v) is 17.2. The van der Waals surface area contributed by atoms with E-state index >= 15 is 0 Å². The summed E-state index contributed by atoms with van der Waals surface area (Å²) in [5.41, 5.74) is 3.46. The number of rotatable bonds is 13. The maximum absolute atomic E-state index is 13.8. The van der Waals surface area contributed by atoms with Gasteiger partial charge in [-0.2, -0.15) is 25.3 Å². The van der Waals surface area contributed by atoms with Crippen LogP contribution in [0.4, 0.5) is 27.9 Å². The highest BCUT2D eigenvalue weighted by Gasteiger charge is 2.24. The number of piperazine rings is 1. The molecule has 3 aromatic heterocycles. The second kappa shape index (κ2) is 16.2. The minimum absolute atomic E-state index is 0.00921. The zero-order chi connectivity index (χ0) is 38.3. The van der Waals surface area contributed by atoms with E-state index in [2.05, 4.69) is 56.0 Å². The van der Waals surface area contributed by atoms with Gasteiger partial charge in [-0.3, -0.25) is 14.5 Å². The second-order valence-electron chi connectivity index (χ2n) is 12.7. The number of H-pyrrole nitrogens is 2. The van der Waals surface area contributed by atoms with Crippen molar-refractivity contribution in [3.8, 4) is 6.07 Å². The second-order valence-corrected chi connectivity index (χ2v) is 12.7. The van der Waals surface area contributed by atoms with Gasteiger partial charge in [-0.25, -0.2) is 19.3 Å². The number of benzene rings is 3. The predicted molar refractivity (Wildman–Crippen MR) is 199 cm³/mol. The zero-order valence-electron chi connectivity index (χ0n) is 29.2. The lowest BCUT2D eigenvalue weighted by molar-refractivity contribution is -0.137. The number of halogens is 1. The quantitative estimate of drug-likeness (QED) is 0.0997.